The minimum atomic E-state index is -1.01. The summed E-state index contributed by atoms with van der Waals surface area (Å²) in [5.41, 5.74) is 4.02. The summed E-state index contributed by atoms with van der Waals surface area (Å²) in [4.78, 5) is 39.8. The number of likely N-dealkylation sites (tertiary alicyclic amines) is 1. The zero-order valence-electron chi connectivity index (χ0n) is 20.2. The third kappa shape index (κ3) is 4.17. The van der Waals surface area contributed by atoms with Crippen LogP contribution in [0.25, 0.3) is 11.1 Å². The molecule has 1 heterocycles. The van der Waals surface area contributed by atoms with Crippen molar-refractivity contribution in [3.8, 4) is 11.1 Å². The SMILES string of the molecule is CC1(C)CCN(C(=O)C(NC(=O)OCC2c3ccccc3-c3ccccc32)C2CCC2)C1C(=O)O. The van der Waals surface area contributed by atoms with E-state index in [1.165, 1.54) is 4.90 Å². The number of nitrogens with zero attached hydrogens (tertiary/aromatic N) is 1. The summed E-state index contributed by atoms with van der Waals surface area (Å²) in [6.07, 6.45) is 2.62. The van der Waals surface area contributed by atoms with Crippen LogP contribution in [0, 0.1) is 11.3 Å². The van der Waals surface area contributed by atoms with Crippen LogP contribution in [0.3, 0.4) is 0 Å². The van der Waals surface area contributed by atoms with Crippen LogP contribution in [-0.4, -0.2) is 53.2 Å². The van der Waals surface area contributed by atoms with Gasteiger partial charge < -0.3 is 20.1 Å². The molecule has 1 saturated carbocycles. The number of benzene rings is 2. The Hall–Kier alpha value is -3.35. The van der Waals surface area contributed by atoms with Gasteiger partial charge in [-0.25, -0.2) is 9.59 Å². The van der Waals surface area contributed by atoms with Crippen LogP contribution in [0.15, 0.2) is 48.5 Å². The molecule has 184 valence electrons. The Kier molecular flexibility index (Phi) is 6.03. The minimum Gasteiger partial charge on any atom is -0.480 e. The van der Waals surface area contributed by atoms with Crippen molar-refractivity contribution in [2.75, 3.05) is 13.2 Å². The number of aliphatic carboxylic acids is 1. The molecule has 5 rings (SSSR count). The number of carbonyl (C=O) groups excluding carboxylic acids is 2. The average molecular weight is 477 g/mol. The molecule has 2 aromatic carbocycles. The predicted octanol–water partition coefficient (Wildman–Crippen LogP) is 4.41. The molecule has 2 aromatic rings. The Morgan fingerprint density at radius 3 is 2.20 bits per heavy atom. The molecule has 7 nitrogen and oxygen atoms in total. The summed E-state index contributed by atoms with van der Waals surface area (Å²) >= 11 is 0. The molecule has 2 N–H and O–H groups in total. The molecular formula is C28H32N2O5. The predicted molar refractivity (Wildman–Crippen MR) is 131 cm³/mol. The number of hydrogen-bond donors (Lipinski definition) is 2. The molecule has 0 spiro atoms. The monoisotopic (exact) mass is 476 g/mol. The maximum absolute atomic E-state index is 13.5. The number of ether oxygens (including phenoxy) is 1. The molecule has 1 saturated heterocycles. The van der Waals surface area contributed by atoms with Crippen molar-refractivity contribution in [3.05, 3.63) is 59.7 Å². The van der Waals surface area contributed by atoms with E-state index in [1.807, 2.05) is 38.1 Å². The van der Waals surface area contributed by atoms with Gasteiger partial charge in [0.2, 0.25) is 5.91 Å². The van der Waals surface area contributed by atoms with Gasteiger partial charge in [0.25, 0.3) is 0 Å². The first-order valence-corrected chi connectivity index (χ1v) is 12.4. The molecule has 0 radical (unpaired) electrons. The van der Waals surface area contributed by atoms with Crippen LogP contribution in [0.4, 0.5) is 4.79 Å². The van der Waals surface area contributed by atoms with Crippen molar-refractivity contribution in [3.63, 3.8) is 0 Å². The summed E-state index contributed by atoms with van der Waals surface area (Å²) < 4.78 is 5.68. The van der Waals surface area contributed by atoms with Crippen LogP contribution >= 0.6 is 0 Å². The third-order valence-corrected chi connectivity index (χ3v) is 8.07. The molecule has 3 aliphatic rings. The van der Waals surface area contributed by atoms with Gasteiger partial charge in [-0.3, -0.25) is 4.79 Å². The summed E-state index contributed by atoms with van der Waals surface area (Å²) in [6.45, 7) is 4.28. The molecule has 2 fully saturated rings. The molecule has 1 aliphatic heterocycles. The van der Waals surface area contributed by atoms with Crippen LogP contribution in [-0.2, 0) is 14.3 Å². The molecular weight excluding hydrogens is 444 g/mol. The van der Waals surface area contributed by atoms with E-state index in [0.717, 1.165) is 41.5 Å². The van der Waals surface area contributed by atoms with Crippen LogP contribution in [0.1, 0.15) is 56.6 Å². The molecule has 0 aromatic heterocycles. The second-order valence-electron chi connectivity index (χ2n) is 10.6. The van der Waals surface area contributed by atoms with Gasteiger partial charge in [-0.15, -0.1) is 0 Å². The van der Waals surface area contributed by atoms with E-state index in [9.17, 15) is 19.5 Å². The number of hydrogen-bond acceptors (Lipinski definition) is 4. The smallest absolute Gasteiger partial charge is 0.407 e. The first-order valence-electron chi connectivity index (χ1n) is 12.4. The van der Waals surface area contributed by atoms with E-state index in [1.54, 1.807) is 0 Å². The van der Waals surface area contributed by atoms with Gasteiger partial charge in [-0.2, -0.15) is 0 Å². The quantitative estimate of drug-likeness (QED) is 0.644. The fraction of sp³-hybridized carbons (Fsp3) is 0.464. The maximum Gasteiger partial charge on any atom is 0.407 e. The lowest BCUT2D eigenvalue weighted by Crippen LogP contribution is -2.57. The second kappa shape index (κ2) is 9.02. The Bertz CT molecular complexity index is 1110. The van der Waals surface area contributed by atoms with Crippen molar-refractivity contribution >= 4 is 18.0 Å². The molecule has 2 aliphatic carbocycles. The molecule has 2 atom stereocenters. The zero-order chi connectivity index (χ0) is 24.7. The largest absolute Gasteiger partial charge is 0.480 e. The summed E-state index contributed by atoms with van der Waals surface area (Å²) in [6, 6.07) is 14.6. The zero-order valence-corrected chi connectivity index (χ0v) is 20.2. The minimum absolute atomic E-state index is 0.00106. The number of amides is 2. The Morgan fingerprint density at radius 2 is 1.66 bits per heavy atom. The summed E-state index contributed by atoms with van der Waals surface area (Å²) in [5, 5.41) is 12.6. The first kappa shape index (κ1) is 23.4. The third-order valence-electron chi connectivity index (χ3n) is 8.07. The molecule has 0 bridgehead atoms. The molecule has 2 amide bonds. The number of carboxylic acids is 1. The van der Waals surface area contributed by atoms with Gasteiger partial charge in [0, 0.05) is 12.5 Å². The van der Waals surface area contributed by atoms with Crippen molar-refractivity contribution in [1.82, 2.24) is 10.2 Å². The molecule has 35 heavy (non-hydrogen) atoms. The standard InChI is InChI=1S/C28H32N2O5/c1-28(2)14-15-30(24(28)26(32)33)25(31)23(17-8-7-9-17)29-27(34)35-16-22-20-12-5-3-10-18(20)19-11-4-6-13-21(19)22/h3-6,10-13,17,22-24H,7-9,14-16H2,1-2H3,(H,29,34)(H,32,33). The number of fused-ring (bicyclic) bond motifs is 3. The van der Waals surface area contributed by atoms with Gasteiger partial charge >= 0.3 is 12.1 Å². The number of carboxylic acid groups (broad SMARTS) is 1. The lowest BCUT2D eigenvalue weighted by Gasteiger charge is -2.37. The van der Waals surface area contributed by atoms with Crippen LogP contribution in [0.5, 0.6) is 0 Å². The van der Waals surface area contributed by atoms with Crippen molar-refractivity contribution in [1.29, 1.82) is 0 Å². The van der Waals surface area contributed by atoms with Gasteiger partial charge in [0.15, 0.2) is 0 Å². The second-order valence-corrected chi connectivity index (χ2v) is 10.6. The average Bonchev–Trinajstić information content (AvgIpc) is 3.29. The van der Waals surface area contributed by atoms with E-state index in [-0.39, 0.29) is 24.3 Å². The maximum atomic E-state index is 13.5. The van der Waals surface area contributed by atoms with E-state index in [4.69, 9.17) is 4.74 Å². The fourth-order valence-corrected chi connectivity index (χ4v) is 5.90. The Morgan fingerprint density at radius 1 is 1.06 bits per heavy atom. The number of alkyl carbamates (subject to hydrolysis) is 1. The van der Waals surface area contributed by atoms with Crippen molar-refractivity contribution in [2.45, 2.75) is 57.5 Å². The van der Waals surface area contributed by atoms with E-state index >= 15 is 0 Å². The fourth-order valence-electron chi connectivity index (χ4n) is 5.90. The van der Waals surface area contributed by atoms with E-state index < -0.39 is 29.6 Å². The highest BCUT2D eigenvalue weighted by Crippen LogP contribution is 2.44. The van der Waals surface area contributed by atoms with E-state index in [2.05, 4.69) is 29.6 Å². The normalized spacial score (nSPS) is 21.5. The molecule has 2 unspecified atom stereocenters. The highest BCUT2D eigenvalue weighted by atomic mass is 16.5. The van der Waals surface area contributed by atoms with Gasteiger partial charge in [0.1, 0.15) is 18.7 Å². The van der Waals surface area contributed by atoms with Gasteiger partial charge in [0.05, 0.1) is 0 Å². The number of rotatable bonds is 6. The van der Waals surface area contributed by atoms with Crippen LogP contribution in [0.2, 0.25) is 0 Å². The number of nitrogens with one attached hydrogen (secondary N) is 1. The van der Waals surface area contributed by atoms with Crippen molar-refractivity contribution in [2.24, 2.45) is 11.3 Å². The lowest BCUT2D eigenvalue weighted by atomic mass is 9.79. The van der Waals surface area contributed by atoms with Crippen LogP contribution < -0.4 is 5.32 Å². The lowest BCUT2D eigenvalue weighted by molar-refractivity contribution is -0.152. The van der Waals surface area contributed by atoms with Gasteiger partial charge in [-0.05, 0) is 52.8 Å². The Balaban J connectivity index is 1.29. The Labute approximate surface area is 205 Å². The van der Waals surface area contributed by atoms with E-state index in [0.29, 0.717) is 13.0 Å². The molecule has 7 heteroatoms. The topological polar surface area (TPSA) is 95.9 Å². The highest BCUT2D eigenvalue weighted by molar-refractivity contribution is 5.90. The summed E-state index contributed by atoms with van der Waals surface area (Å²) in [7, 11) is 0. The highest BCUT2D eigenvalue weighted by Gasteiger charge is 2.50. The van der Waals surface area contributed by atoms with Crippen molar-refractivity contribution < 1.29 is 24.2 Å². The van der Waals surface area contributed by atoms with Gasteiger partial charge in [-0.1, -0.05) is 68.8 Å². The number of carbonyl (C=O) groups is 3. The summed E-state index contributed by atoms with van der Waals surface area (Å²) in [5.74, 6) is -1.39. The first-order chi connectivity index (χ1) is 16.8.